The Kier molecular flexibility index (Phi) is 14.1. The number of hydrogen-bond donors (Lipinski definition) is 2. The van der Waals surface area contributed by atoms with Crippen LogP contribution in [0, 0.1) is 5.41 Å². The summed E-state index contributed by atoms with van der Waals surface area (Å²) in [5, 5.41) is 7.08. The first-order valence-electron chi connectivity index (χ1n) is 10.9. The number of halogens is 1. The monoisotopic (exact) mass is 533 g/mol. The first-order chi connectivity index (χ1) is 14.2. The summed E-state index contributed by atoms with van der Waals surface area (Å²) < 4.78 is 16.0. The molecule has 7 heteroatoms. The van der Waals surface area contributed by atoms with Crippen molar-refractivity contribution in [2.45, 2.75) is 52.0 Å². The van der Waals surface area contributed by atoms with Gasteiger partial charge in [0.05, 0.1) is 13.7 Å². The van der Waals surface area contributed by atoms with E-state index in [2.05, 4.69) is 22.8 Å². The van der Waals surface area contributed by atoms with Crippen LogP contribution in [-0.4, -0.2) is 53.1 Å². The van der Waals surface area contributed by atoms with Crippen LogP contribution in [0.4, 0.5) is 0 Å². The van der Waals surface area contributed by atoms with Crippen molar-refractivity contribution in [3.8, 4) is 5.75 Å². The van der Waals surface area contributed by atoms with E-state index < -0.39 is 0 Å². The molecular formula is C23H40IN3O3. The molecule has 30 heavy (non-hydrogen) atoms. The lowest BCUT2D eigenvalue weighted by Crippen LogP contribution is -2.44. The number of rotatable bonds is 13. The summed E-state index contributed by atoms with van der Waals surface area (Å²) in [6.45, 7) is 6.80. The highest BCUT2D eigenvalue weighted by Gasteiger charge is 2.33. The van der Waals surface area contributed by atoms with E-state index in [4.69, 9.17) is 19.2 Å². The van der Waals surface area contributed by atoms with Gasteiger partial charge in [0.25, 0.3) is 0 Å². The Balaban J connectivity index is 0.00000450. The van der Waals surface area contributed by atoms with Gasteiger partial charge in [0.15, 0.2) is 5.96 Å². The SMILES string of the molecule is CCOCCCNC(=NCc1ccc(OC)cc1)NCC1(CCOC)CCCC1.I. The summed E-state index contributed by atoms with van der Waals surface area (Å²) in [5.41, 5.74) is 1.49. The van der Waals surface area contributed by atoms with Gasteiger partial charge in [-0.05, 0) is 55.7 Å². The predicted octanol–water partition coefficient (Wildman–Crippen LogP) is 4.37. The van der Waals surface area contributed by atoms with Crippen LogP contribution >= 0.6 is 24.0 Å². The third kappa shape index (κ3) is 9.83. The third-order valence-electron chi connectivity index (χ3n) is 5.67. The van der Waals surface area contributed by atoms with Crippen molar-refractivity contribution in [2.75, 3.05) is 47.1 Å². The Morgan fingerprint density at radius 3 is 2.43 bits per heavy atom. The van der Waals surface area contributed by atoms with Gasteiger partial charge in [-0.2, -0.15) is 0 Å². The quantitative estimate of drug-likeness (QED) is 0.171. The Morgan fingerprint density at radius 1 is 1.07 bits per heavy atom. The van der Waals surface area contributed by atoms with Gasteiger partial charge >= 0.3 is 0 Å². The van der Waals surface area contributed by atoms with Crippen molar-refractivity contribution < 1.29 is 14.2 Å². The summed E-state index contributed by atoms with van der Waals surface area (Å²) in [6.07, 6.45) is 7.22. The van der Waals surface area contributed by atoms with Crippen molar-refractivity contribution in [3.05, 3.63) is 29.8 Å². The molecule has 1 fully saturated rings. The number of methoxy groups -OCH3 is 2. The molecule has 1 aromatic carbocycles. The zero-order valence-corrected chi connectivity index (χ0v) is 21.2. The molecular weight excluding hydrogens is 493 g/mol. The fraction of sp³-hybridized carbons (Fsp3) is 0.696. The first kappa shape index (κ1) is 27.0. The molecule has 2 rings (SSSR count). The summed E-state index contributed by atoms with van der Waals surface area (Å²) >= 11 is 0. The molecule has 0 radical (unpaired) electrons. The van der Waals surface area contributed by atoms with Gasteiger partial charge in [-0.3, -0.25) is 0 Å². The molecule has 0 saturated heterocycles. The standard InChI is InChI=1S/C23H39N3O3.HI/c1-4-29-16-7-15-24-22(25-18-20-8-10-21(28-3)11-9-20)26-19-23(14-17-27-2)12-5-6-13-23;/h8-11H,4-7,12-19H2,1-3H3,(H2,24,25,26);1H. The van der Waals surface area contributed by atoms with E-state index in [0.29, 0.717) is 12.0 Å². The van der Waals surface area contributed by atoms with E-state index in [1.807, 2.05) is 19.1 Å². The molecule has 0 spiro atoms. The van der Waals surface area contributed by atoms with Crippen LogP contribution in [0.25, 0.3) is 0 Å². The number of nitrogens with one attached hydrogen (secondary N) is 2. The van der Waals surface area contributed by atoms with Crippen LogP contribution in [0.5, 0.6) is 5.75 Å². The second-order valence-electron chi connectivity index (χ2n) is 7.79. The van der Waals surface area contributed by atoms with E-state index >= 15 is 0 Å². The van der Waals surface area contributed by atoms with Crippen molar-refractivity contribution in [1.29, 1.82) is 0 Å². The summed E-state index contributed by atoms with van der Waals surface area (Å²) in [6, 6.07) is 8.08. The van der Waals surface area contributed by atoms with Gasteiger partial charge in [0.1, 0.15) is 5.75 Å². The Hall–Kier alpha value is -1.06. The molecule has 0 unspecified atom stereocenters. The average Bonchev–Trinajstić information content (AvgIpc) is 3.23. The Labute approximate surface area is 199 Å². The van der Waals surface area contributed by atoms with Crippen molar-refractivity contribution >= 4 is 29.9 Å². The van der Waals surface area contributed by atoms with Crippen molar-refractivity contribution in [2.24, 2.45) is 10.4 Å². The fourth-order valence-corrected chi connectivity index (χ4v) is 3.83. The maximum absolute atomic E-state index is 5.44. The highest BCUT2D eigenvalue weighted by molar-refractivity contribution is 14.0. The van der Waals surface area contributed by atoms with Crippen molar-refractivity contribution in [3.63, 3.8) is 0 Å². The van der Waals surface area contributed by atoms with Crippen molar-refractivity contribution in [1.82, 2.24) is 10.6 Å². The van der Waals surface area contributed by atoms with Gasteiger partial charge in [-0.15, -0.1) is 24.0 Å². The molecule has 2 N–H and O–H groups in total. The summed E-state index contributed by atoms with van der Waals surface area (Å²) in [4.78, 5) is 4.82. The second kappa shape index (κ2) is 15.7. The number of aliphatic imine (C=N–C) groups is 1. The lowest BCUT2D eigenvalue weighted by molar-refractivity contribution is 0.138. The minimum absolute atomic E-state index is 0. The van der Waals surface area contributed by atoms with Gasteiger partial charge in [-0.25, -0.2) is 4.99 Å². The largest absolute Gasteiger partial charge is 0.497 e. The second-order valence-corrected chi connectivity index (χ2v) is 7.79. The minimum atomic E-state index is 0. The Morgan fingerprint density at radius 2 is 1.80 bits per heavy atom. The van der Waals surface area contributed by atoms with Crippen LogP contribution < -0.4 is 15.4 Å². The normalized spacial score (nSPS) is 15.5. The van der Waals surface area contributed by atoms with Crippen LogP contribution in [0.15, 0.2) is 29.3 Å². The molecule has 0 amide bonds. The van der Waals surface area contributed by atoms with Crippen LogP contribution in [0.2, 0.25) is 0 Å². The summed E-state index contributed by atoms with van der Waals surface area (Å²) in [7, 11) is 3.47. The molecule has 6 nitrogen and oxygen atoms in total. The van der Waals surface area contributed by atoms with Crippen LogP contribution in [0.3, 0.4) is 0 Å². The molecule has 172 valence electrons. The number of benzene rings is 1. The molecule has 1 aliphatic carbocycles. The first-order valence-corrected chi connectivity index (χ1v) is 10.9. The van der Waals surface area contributed by atoms with Crippen LogP contribution in [0.1, 0.15) is 51.0 Å². The van der Waals surface area contributed by atoms with E-state index in [0.717, 1.165) is 63.0 Å². The van der Waals surface area contributed by atoms with Gasteiger partial charge in [0.2, 0.25) is 0 Å². The van der Waals surface area contributed by atoms with E-state index in [1.54, 1.807) is 14.2 Å². The average molecular weight is 533 g/mol. The molecule has 0 bridgehead atoms. The zero-order valence-electron chi connectivity index (χ0n) is 18.9. The maximum atomic E-state index is 5.44. The lowest BCUT2D eigenvalue weighted by atomic mass is 9.83. The number of guanidine groups is 1. The zero-order chi connectivity index (χ0) is 20.8. The highest BCUT2D eigenvalue weighted by Crippen LogP contribution is 2.40. The topological polar surface area (TPSA) is 64.1 Å². The van der Waals surface area contributed by atoms with Crippen LogP contribution in [-0.2, 0) is 16.0 Å². The maximum Gasteiger partial charge on any atom is 0.191 e. The van der Waals surface area contributed by atoms with E-state index in [-0.39, 0.29) is 24.0 Å². The lowest BCUT2D eigenvalue weighted by Gasteiger charge is -2.30. The molecule has 1 aromatic rings. The molecule has 1 aliphatic rings. The number of hydrogen-bond acceptors (Lipinski definition) is 4. The predicted molar refractivity (Wildman–Crippen MR) is 134 cm³/mol. The molecule has 0 aromatic heterocycles. The number of nitrogens with zero attached hydrogens (tertiary/aromatic N) is 1. The Bertz CT molecular complexity index is 590. The highest BCUT2D eigenvalue weighted by atomic mass is 127. The third-order valence-corrected chi connectivity index (χ3v) is 5.67. The van der Waals surface area contributed by atoms with Gasteiger partial charge in [-0.1, -0.05) is 25.0 Å². The molecule has 1 saturated carbocycles. The summed E-state index contributed by atoms with van der Waals surface area (Å²) in [5.74, 6) is 1.74. The van der Waals surface area contributed by atoms with Gasteiger partial charge < -0.3 is 24.8 Å². The number of ether oxygens (including phenoxy) is 3. The molecule has 0 atom stereocenters. The molecule has 0 heterocycles. The molecule has 0 aliphatic heterocycles. The fourth-order valence-electron chi connectivity index (χ4n) is 3.83. The minimum Gasteiger partial charge on any atom is -0.497 e. The van der Waals surface area contributed by atoms with E-state index in [1.165, 1.54) is 25.7 Å². The van der Waals surface area contributed by atoms with E-state index in [9.17, 15) is 0 Å². The van der Waals surface area contributed by atoms with Gasteiger partial charge in [0, 0.05) is 40.0 Å². The smallest absolute Gasteiger partial charge is 0.191 e.